The molecule has 0 saturated heterocycles. The standard InChI is InChI=1S/C14H10Cl4O/c15-10-2-1-9(14(18)8-10)3-4-19-13-6-11(16)5-12(17)7-13/h1-2,5-8H,3-4H2. The molecule has 0 aliphatic rings. The summed E-state index contributed by atoms with van der Waals surface area (Å²) in [5.41, 5.74) is 0.985. The summed E-state index contributed by atoms with van der Waals surface area (Å²) in [6.45, 7) is 0.484. The van der Waals surface area contributed by atoms with Gasteiger partial charge in [-0.25, -0.2) is 0 Å². The number of hydrogen-bond donors (Lipinski definition) is 0. The zero-order valence-corrected chi connectivity index (χ0v) is 12.8. The van der Waals surface area contributed by atoms with Gasteiger partial charge in [0.15, 0.2) is 0 Å². The average molecular weight is 336 g/mol. The van der Waals surface area contributed by atoms with Gasteiger partial charge in [0.1, 0.15) is 5.75 Å². The first-order valence-electron chi connectivity index (χ1n) is 5.57. The fraction of sp³-hybridized carbons (Fsp3) is 0.143. The Labute approximate surface area is 132 Å². The summed E-state index contributed by atoms with van der Waals surface area (Å²) in [4.78, 5) is 0. The fourth-order valence-corrected chi connectivity index (χ4v) is 2.62. The largest absolute Gasteiger partial charge is 0.493 e. The van der Waals surface area contributed by atoms with Crippen LogP contribution >= 0.6 is 46.4 Å². The quantitative estimate of drug-likeness (QED) is 0.673. The molecule has 5 heteroatoms. The van der Waals surface area contributed by atoms with Crippen molar-refractivity contribution < 1.29 is 4.74 Å². The lowest BCUT2D eigenvalue weighted by molar-refractivity contribution is 0.322. The summed E-state index contributed by atoms with van der Waals surface area (Å²) in [6, 6.07) is 10.5. The molecule has 0 fully saturated rings. The molecule has 2 aromatic rings. The second kappa shape index (κ2) is 6.71. The van der Waals surface area contributed by atoms with E-state index in [0.717, 1.165) is 5.56 Å². The van der Waals surface area contributed by atoms with Crippen LogP contribution in [0.4, 0.5) is 0 Å². The molecule has 0 saturated carbocycles. The maximum absolute atomic E-state index is 6.08. The van der Waals surface area contributed by atoms with Gasteiger partial charge in [-0.2, -0.15) is 0 Å². The molecular formula is C14H10Cl4O. The molecule has 0 unspecified atom stereocenters. The highest BCUT2D eigenvalue weighted by Crippen LogP contribution is 2.25. The average Bonchev–Trinajstić information content (AvgIpc) is 2.30. The molecule has 0 amide bonds. The molecule has 0 atom stereocenters. The summed E-state index contributed by atoms with van der Waals surface area (Å²) < 4.78 is 5.60. The van der Waals surface area contributed by atoms with Crippen LogP contribution in [0.5, 0.6) is 5.75 Å². The van der Waals surface area contributed by atoms with E-state index in [0.29, 0.717) is 38.9 Å². The Kier molecular flexibility index (Phi) is 5.23. The maximum atomic E-state index is 6.08. The maximum Gasteiger partial charge on any atom is 0.122 e. The van der Waals surface area contributed by atoms with E-state index in [4.69, 9.17) is 51.1 Å². The van der Waals surface area contributed by atoms with Crippen molar-refractivity contribution >= 4 is 46.4 Å². The van der Waals surface area contributed by atoms with Crippen molar-refractivity contribution in [2.24, 2.45) is 0 Å². The number of ether oxygens (including phenoxy) is 1. The van der Waals surface area contributed by atoms with Crippen molar-refractivity contribution in [3.8, 4) is 5.75 Å². The fourth-order valence-electron chi connectivity index (χ4n) is 1.62. The highest BCUT2D eigenvalue weighted by molar-refractivity contribution is 6.35. The molecule has 0 heterocycles. The summed E-state index contributed by atoms with van der Waals surface area (Å²) >= 11 is 23.7. The number of halogens is 4. The SMILES string of the molecule is Clc1cc(Cl)cc(OCCc2ccc(Cl)cc2Cl)c1. The lowest BCUT2D eigenvalue weighted by atomic mass is 10.2. The molecule has 0 spiro atoms. The van der Waals surface area contributed by atoms with Gasteiger partial charge in [-0.1, -0.05) is 52.5 Å². The molecule has 0 aromatic heterocycles. The second-order valence-corrected chi connectivity index (χ2v) is 5.66. The third-order valence-corrected chi connectivity index (χ3v) is 3.51. The van der Waals surface area contributed by atoms with Crippen molar-refractivity contribution in [2.45, 2.75) is 6.42 Å². The molecule has 2 aromatic carbocycles. The first-order chi connectivity index (χ1) is 9.04. The predicted octanol–water partition coefficient (Wildman–Crippen LogP) is 5.92. The Hall–Kier alpha value is -0.600. The number of hydrogen-bond acceptors (Lipinski definition) is 1. The lowest BCUT2D eigenvalue weighted by Crippen LogP contribution is -2.01. The van der Waals surface area contributed by atoms with E-state index < -0.39 is 0 Å². The topological polar surface area (TPSA) is 9.23 Å². The van der Waals surface area contributed by atoms with Crippen molar-refractivity contribution in [3.05, 3.63) is 62.1 Å². The molecule has 19 heavy (non-hydrogen) atoms. The molecule has 0 aliphatic heterocycles. The summed E-state index contributed by atoms with van der Waals surface area (Å²) in [5.74, 6) is 0.641. The van der Waals surface area contributed by atoms with Gasteiger partial charge < -0.3 is 4.74 Å². The molecular weight excluding hydrogens is 326 g/mol. The van der Waals surface area contributed by atoms with Crippen LogP contribution in [-0.4, -0.2) is 6.61 Å². The van der Waals surface area contributed by atoms with E-state index in [-0.39, 0.29) is 0 Å². The zero-order valence-electron chi connectivity index (χ0n) is 9.80. The lowest BCUT2D eigenvalue weighted by Gasteiger charge is -2.08. The third kappa shape index (κ3) is 4.47. The normalized spacial score (nSPS) is 10.5. The van der Waals surface area contributed by atoms with Crippen LogP contribution in [0.1, 0.15) is 5.56 Å². The predicted molar refractivity (Wildman–Crippen MR) is 82.1 cm³/mol. The van der Waals surface area contributed by atoms with Crippen molar-refractivity contribution in [1.29, 1.82) is 0 Å². The van der Waals surface area contributed by atoms with Crippen molar-refractivity contribution in [1.82, 2.24) is 0 Å². The first kappa shape index (κ1) is 14.8. The highest BCUT2D eigenvalue weighted by Gasteiger charge is 2.03. The summed E-state index contributed by atoms with van der Waals surface area (Å²) in [5, 5.41) is 2.36. The van der Waals surface area contributed by atoms with Crippen LogP contribution in [0, 0.1) is 0 Å². The smallest absolute Gasteiger partial charge is 0.122 e. The molecule has 0 N–H and O–H groups in total. The van der Waals surface area contributed by atoms with E-state index in [9.17, 15) is 0 Å². The molecule has 0 radical (unpaired) electrons. The highest BCUT2D eigenvalue weighted by atomic mass is 35.5. The summed E-state index contributed by atoms with van der Waals surface area (Å²) in [6.07, 6.45) is 0.681. The second-order valence-electron chi connectivity index (χ2n) is 3.94. The van der Waals surface area contributed by atoms with E-state index in [1.54, 1.807) is 30.3 Å². The van der Waals surface area contributed by atoms with Crippen molar-refractivity contribution in [3.63, 3.8) is 0 Å². The van der Waals surface area contributed by atoms with Gasteiger partial charge in [-0.3, -0.25) is 0 Å². The van der Waals surface area contributed by atoms with Crippen LogP contribution < -0.4 is 4.74 Å². The van der Waals surface area contributed by atoms with Crippen LogP contribution in [0.25, 0.3) is 0 Å². The molecule has 1 nitrogen and oxygen atoms in total. The number of rotatable bonds is 4. The molecule has 0 aliphatic carbocycles. The van der Waals surface area contributed by atoms with E-state index in [1.165, 1.54) is 0 Å². The van der Waals surface area contributed by atoms with Gasteiger partial charge in [0, 0.05) is 26.5 Å². The Balaban J connectivity index is 1.96. The third-order valence-electron chi connectivity index (χ3n) is 2.49. The Morgan fingerprint density at radius 2 is 1.47 bits per heavy atom. The van der Waals surface area contributed by atoms with Crippen LogP contribution in [-0.2, 0) is 6.42 Å². The van der Waals surface area contributed by atoms with E-state index >= 15 is 0 Å². The van der Waals surface area contributed by atoms with E-state index in [1.807, 2.05) is 6.07 Å². The van der Waals surface area contributed by atoms with Crippen LogP contribution in [0.2, 0.25) is 20.1 Å². The van der Waals surface area contributed by atoms with Crippen LogP contribution in [0.3, 0.4) is 0 Å². The summed E-state index contributed by atoms with van der Waals surface area (Å²) in [7, 11) is 0. The van der Waals surface area contributed by atoms with Gasteiger partial charge in [-0.15, -0.1) is 0 Å². The minimum Gasteiger partial charge on any atom is -0.493 e. The number of benzene rings is 2. The van der Waals surface area contributed by atoms with Gasteiger partial charge in [-0.05, 0) is 35.9 Å². The van der Waals surface area contributed by atoms with Crippen LogP contribution in [0.15, 0.2) is 36.4 Å². The van der Waals surface area contributed by atoms with Gasteiger partial charge in [0.2, 0.25) is 0 Å². The first-order valence-corrected chi connectivity index (χ1v) is 7.08. The zero-order chi connectivity index (χ0) is 13.8. The van der Waals surface area contributed by atoms with Gasteiger partial charge in [0.05, 0.1) is 6.61 Å². The monoisotopic (exact) mass is 334 g/mol. The minimum atomic E-state index is 0.484. The molecule has 2 rings (SSSR count). The minimum absolute atomic E-state index is 0.484. The van der Waals surface area contributed by atoms with Gasteiger partial charge in [0.25, 0.3) is 0 Å². The Morgan fingerprint density at radius 1 is 0.789 bits per heavy atom. The Bertz CT molecular complexity index is 563. The van der Waals surface area contributed by atoms with Crippen molar-refractivity contribution in [2.75, 3.05) is 6.61 Å². The molecule has 100 valence electrons. The molecule has 0 bridgehead atoms. The van der Waals surface area contributed by atoms with Gasteiger partial charge >= 0.3 is 0 Å². The van der Waals surface area contributed by atoms with E-state index in [2.05, 4.69) is 0 Å². The Morgan fingerprint density at radius 3 is 2.11 bits per heavy atom.